The quantitative estimate of drug-likeness (QED) is 0.489. The summed E-state index contributed by atoms with van der Waals surface area (Å²) in [6, 6.07) is 6.88. The Kier molecular flexibility index (Phi) is 3.46. The van der Waals surface area contributed by atoms with Crippen molar-refractivity contribution < 1.29 is 15.3 Å². The van der Waals surface area contributed by atoms with Crippen LogP contribution >= 0.6 is 0 Å². The van der Waals surface area contributed by atoms with Crippen LogP contribution in [-0.2, 0) is 5.41 Å². The average molecular weight is 197 g/mol. The molecule has 0 aliphatic heterocycles. The van der Waals surface area contributed by atoms with Crippen LogP contribution in [0.5, 0.6) is 0 Å². The standard InChI is InChI=1S/C10H15NO3/c11-9-4-2-1-3-8(9)10(5-12,6-13)7-14/h1-4,12-14H,5-7,11H2. The molecule has 78 valence electrons. The smallest absolute Gasteiger partial charge is 0.0665 e. The Labute approximate surface area is 82.6 Å². The van der Waals surface area contributed by atoms with Crippen molar-refractivity contribution in [3.05, 3.63) is 29.8 Å². The Morgan fingerprint density at radius 3 is 1.93 bits per heavy atom. The summed E-state index contributed by atoms with van der Waals surface area (Å²) in [5, 5.41) is 27.5. The van der Waals surface area contributed by atoms with Crippen molar-refractivity contribution >= 4 is 5.69 Å². The third-order valence-corrected chi connectivity index (χ3v) is 2.44. The van der Waals surface area contributed by atoms with Gasteiger partial charge in [-0.2, -0.15) is 0 Å². The van der Waals surface area contributed by atoms with E-state index in [4.69, 9.17) is 5.73 Å². The molecule has 0 atom stereocenters. The number of hydrogen-bond acceptors (Lipinski definition) is 4. The van der Waals surface area contributed by atoms with Crippen LogP contribution < -0.4 is 5.73 Å². The van der Waals surface area contributed by atoms with Gasteiger partial charge in [0.2, 0.25) is 0 Å². The van der Waals surface area contributed by atoms with E-state index < -0.39 is 5.41 Å². The van der Waals surface area contributed by atoms with E-state index in [1.54, 1.807) is 24.3 Å². The summed E-state index contributed by atoms with van der Waals surface area (Å²) in [7, 11) is 0. The van der Waals surface area contributed by atoms with Crippen molar-refractivity contribution in [3.63, 3.8) is 0 Å². The minimum atomic E-state index is -1.05. The van der Waals surface area contributed by atoms with E-state index in [0.29, 0.717) is 11.3 Å². The molecular formula is C10H15NO3. The molecule has 1 aromatic carbocycles. The summed E-state index contributed by atoms with van der Waals surface area (Å²) < 4.78 is 0. The van der Waals surface area contributed by atoms with E-state index >= 15 is 0 Å². The molecule has 0 heterocycles. The van der Waals surface area contributed by atoms with Crippen molar-refractivity contribution in [2.24, 2.45) is 0 Å². The minimum Gasteiger partial charge on any atom is -0.398 e. The maximum Gasteiger partial charge on any atom is 0.0665 e. The molecule has 0 unspecified atom stereocenters. The van der Waals surface area contributed by atoms with Gasteiger partial charge in [0.05, 0.1) is 25.2 Å². The zero-order valence-corrected chi connectivity index (χ0v) is 7.85. The fraction of sp³-hybridized carbons (Fsp3) is 0.400. The van der Waals surface area contributed by atoms with E-state index in [9.17, 15) is 15.3 Å². The van der Waals surface area contributed by atoms with E-state index in [1.807, 2.05) is 0 Å². The van der Waals surface area contributed by atoms with Crippen LogP contribution in [0.3, 0.4) is 0 Å². The molecule has 0 aromatic heterocycles. The molecule has 0 aliphatic carbocycles. The molecule has 0 saturated heterocycles. The van der Waals surface area contributed by atoms with Crippen molar-refractivity contribution in [1.29, 1.82) is 0 Å². The first kappa shape index (κ1) is 11.0. The Morgan fingerprint density at radius 2 is 1.50 bits per heavy atom. The van der Waals surface area contributed by atoms with Gasteiger partial charge in [0.15, 0.2) is 0 Å². The van der Waals surface area contributed by atoms with Gasteiger partial charge in [0, 0.05) is 5.69 Å². The predicted octanol–water partition coefficient (Wildman–Crippen LogP) is -0.516. The van der Waals surface area contributed by atoms with Crippen molar-refractivity contribution in [3.8, 4) is 0 Å². The number of nitrogen functional groups attached to an aromatic ring is 1. The molecule has 4 heteroatoms. The molecule has 0 fully saturated rings. The van der Waals surface area contributed by atoms with E-state index in [-0.39, 0.29) is 19.8 Å². The van der Waals surface area contributed by atoms with Gasteiger partial charge in [-0.15, -0.1) is 0 Å². The summed E-state index contributed by atoms with van der Waals surface area (Å²) in [5.41, 5.74) is 5.69. The third-order valence-electron chi connectivity index (χ3n) is 2.44. The monoisotopic (exact) mass is 197 g/mol. The van der Waals surface area contributed by atoms with Crippen LogP contribution in [0.25, 0.3) is 0 Å². The fourth-order valence-electron chi connectivity index (χ4n) is 1.39. The number of benzene rings is 1. The van der Waals surface area contributed by atoms with Gasteiger partial charge in [-0.25, -0.2) is 0 Å². The van der Waals surface area contributed by atoms with Crippen LogP contribution in [-0.4, -0.2) is 35.1 Å². The zero-order valence-electron chi connectivity index (χ0n) is 7.85. The van der Waals surface area contributed by atoms with Gasteiger partial charge in [-0.1, -0.05) is 18.2 Å². The number of para-hydroxylation sites is 1. The van der Waals surface area contributed by atoms with Crippen LogP contribution in [0, 0.1) is 0 Å². The van der Waals surface area contributed by atoms with E-state index in [1.165, 1.54) is 0 Å². The largest absolute Gasteiger partial charge is 0.398 e. The highest BCUT2D eigenvalue weighted by atomic mass is 16.3. The first-order valence-corrected chi connectivity index (χ1v) is 4.38. The van der Waals surface area contributed by atoms with Gasteiger partial charge in [-0.3, -0.25) is 0 Å². The number of nitrogens with two attached hydrogens (primary N) is 1. The Balaban J connectivity index is 3.17. The predicted molar refractivity (Wildman–Crippen MR) is 53.8 cm³/mol. The molecule has 0 aliphatic rings. The highest BCUT2D eigenvalue weighted by Gasteiger charge is 2.31. The van der Waals surface area contributed by atoms with Crippen LogP contribution in [0.2, 0.25) is 0 Å². The van der Waals surface area contributed by atoms with Crippen molar-refractivity contribution in [1.82, 2.24) is 0 Å². The fourth-order valence-corrected chi connectivity index (χ4v) is 1.39. The average Bonchev–Trinajstić information content (AvgIpc) is 2.24. The lowest BCUT2D eigenvalue weighted by Gasteiger charge is -2.29. The number of hydrogen-bond donors (Lipinski definition) is 4. The lowest BCUT2D eigenvalue weighted by atomic mass is 9.82. The topological polar surface area (TPSA) is 86.7 Å². The molecule has 0 saturated carbocycles. The molecule has 0 spiro atoms. The third kappa shape index (κ3) is 1.72. The normalized spacial score (nSPS) is 11.6. The molecule has 5 N–H and O–H groups in total. The second-order valence-corrected chi connectivity index (χ2v) is 3.34. The Morgan fingerprint density at radius 1 is 1.00 bits per heavy atom. The van der Waals surface area contributed by atoms with Gasteiger partial charge in [0.25, 0.3) is 0 Å². The zero-order chi connectivity index (χ0) is 10.6. The maximum atomic E-state index is 9.18. The molecule has 0 bridgehead atoms. The van der Waals surface area contributed by atoms with Gasteiger partial charge in [-0.05, 0) is 11.6 Å². The lowest BCUT2D eigenvalue weighted by molar-refractivity contribution is 0.0645. The van der Waals surface area contributed by atoms with E-state index in [0.717, 1.165) is 0 Å². The number of aliphatic hydroxyl groups is 3. The SMILES string of the molecule is Nc1ccccc1C(CO)(CO)CO. The number of rotatable bonds is 4. The summed E-state index contributed by atoms with van der Waals surface area (Å²) >= 11 is 0. The number of anilines is 1. The molecular weight excluding hydrogens is 182 g/mol. The highest BCUT2D eigenvalue weighted by Crippen LogP contribution is 2.27. The summed E-state index contributed by atoms with van der Waals surface area (Å²) in [6.45, 7) is -1.02. The summed E-state index contributed by atoms with van der Waals surface area (Å²) in [6.07, 6.45) is 0. The molecule has 0 radical (unpaired) electrons. The minimum absolute atomic E-state index is 0.339. The van der Waals surface area contributed by atoms with Gasteiger partial charge in [0.1, 0.15) is 0 Å². The highest BCUT2D eigenvalue weighted by molar-refractivity contribution is 5.51. The van der Waals surface area contributed by atoms with E-state index in [2.05, 4.69) is 0 Å². The molecule has 4 nitrogen and oxygen atoms in total. The Hall–Kier alpha value is -1.10. The summed E-state index contributed by atoms with van der Waals surface area (Å²) in [4.78, 5) is 0. The van der Waals surface area contributed by atoms with Gasteiger partial charge >= 0.3 is 0 Å². The molecule has 14 heavy (non-hydrogen) atoms. The first-order valence-electron chi connectivity index (χ1n) is 4.38. The lowest BCUT2D eigenvalue weighted by Crippen LogP contribution is -2.39. The summed E-state index contributed by atoms with van der Waals surface area (Å²) in [5.74, 6) is 0. The maximum absolute atomic E-state index is 9.18. The van der Waals surface area contributed by atoms with Crippen LogP contribution in [0.15, 0.2) is 24.3 Å². The van der Waals surface area contributed by atoms with Crippen molar-refractivity contribution in [2.45, 2.75) is 5.41 Å². The first-order chi connectivity index (χ1) is 6.70. The molecule has 0 amide bonds. The molecule has 1 aromatic rings. The van der Waals surface area contributed by atoms with Crippen LogP contribution in [0.1, 0.15) is 5.56 Å². The van der Waals surface area contributed by atoms with Crippen molar-refractivity contribution in [2.75, 3.05) is 25.6 Å². The van der Waals surface area contributed by atoms with Gasteiger partial charge < -0.3 is 21.1 Å². The second-order valence-electron chi connectivity index (χ2n) is 3.34. The number of aliphatic hydroxyl groups excluding tert-OH is 3. The second kappa shape index (κ2) is 4.41. The Bertz CT molecular complexity index is 289. The van der Waals surface area contributed by atoms with Crippen LogP contribution in [0.4, 0.5) is 5.69 Å². The molecule has 1 rings (SSSR count).